The SMILES string of the molecule is CC(C)(C)OC(=O)[CH2][Zn].Cl. The van der Waals surface area contributed by atoms with Crippen molar-refractivity contribution < 1.29 is 27.8 Å². The zero-order chi connectivity index (χ0) is 7.49. The number of carbonyl (C=O) groups is 1. The van der Waals surface area contributed by atoms with Gasteiger partial charge in [0.15, 0.2) is 0 Å². The molecule has 57 valence electrons. The fourth-order valence-corrected chi connectivity index (χ4v) is 0.607. The minimum Gasteiger partial charge on any atom is -0.147 e. The first kappa shape index (κ1) is 13.0. The van der Waals surface area contributed by atoms with E-state index in [0.717, 1.165) is 18.3 Å². The fraction of sp³-hybridized carbons (Fsp3) is 0.833. The smallest absolute Gasteiger partial charge is 0.147 e. The Morgan fingerprint density at radius 2 is 1.90 bits per heavy atom. The van der Waals surface area contributed by atoms with Crippen LogP contribution in [0.15, 0.2) is 0 Å². The molecule has 0 aliphatic heterocycles. The van der Waals surface area contributed by atoms with Crippen LogP contribution in [0.5, 0.6) is 0 Å². The minimum atomic E-state index is -0.306. The van der Waals surface area contributed by atoms with Crippen molar-refractivity contribution in [2.45, 2.75) is 31.4 Å². The van der Waals surface area contributed by atoms with E-state index in [1.807, 2.05) is 20.8 Å². The summed E-state index contributed by atoms with van der Waals surface area (Å²) in [6, 6.07) is 0. The third kappa shape index (κ3) is 8.38. The first-order valence-electron chi connectivity index (χ1n) is 2.97. The number of halogens is 1. The summed E-state index contributed by atoms with van der Waals surface area (Å²) >= 11 is 0.981. The van der Waals surface area contributed by atoms with Crippen LogP contribution in [0, 0.1) is 0 Å². The van der Waals surface area contributed by atoms with Crippen molar-refractivity contribution >= 4 is 18.4 Å². The summed E-state index contributed by atoms with van der Waals surface area (Å²) in [5.41, 5.74) is -0.306. The van der Waals surface area contributed by atoms with Crippen LogP contribution in [0.2, 0.25) is 5.02 Å². The summed E-state index contributed by atoms with van der Waals surface area (Å²) in [5.74, 6) is -0.0810. The van der Waals surface area contributed by atoms with Crippen LogP contribution >= 0.6 is 12.4 Å². The molecular formula is C6H12ClO2Zn. The van der Waals surface area contributed by atoms with Gasteiger partial charge in [0.25, 0.3) is 0 Å². The van der Waals surface area contributed by atoms with E-state index in [2.05, 4.69) is 0 Å². The second-order valence-corrected chi connectivity index (χ2v) is 3.89. The molecule has 0 saturated carbocycles. The molecule has 0 heterocycles. The standard InChI is InChI=1S/C6H11O2.ClH.Zn/c1-5(7)8-6(2,3)4;;/h1H2,2-4H3;1H;. The molecule has 0 unspecified atom stereocenters. The van der Waals surface area contributed by atoms with Gasteiger partial charge >= 0.3 is 65.2 Å². The van der Waals surface area contributed by atoms with Crippen molar-refractivity contribution in [1.82, 2.24) is 0 Å². The summed E-state index contributed by atoms with van der Waals surface area (Å²) in [6.45, 7) is 5.63. The Morgan fingerprint density at radius 3 is 2.00 bits per heavy atom. The van der Waals surface area contributed by atoms with Crippen molar-refractivity contribution in [3.63, 3.8) is 0 Å². The maximum atomic E-state index is 10.6. The molecule has 0 aromatic carbocycles. The van der Waals surface area contributed by atoms with E-state index >= 15 is 0 Å². The largest absolute Gasteiger partial charge is 0.147 e. The third-order valence-corrected chi connectivity index (χ3v) is 1.48. The van der Waals surface area contributed by atoms with Crippen LogP contribution in [0.4, 0.5) is 0 Å². The number of esters is 1. The molecule has 0 aliphatic carbocycles. The molecular weight excluding hydrogens is 205 g/mol. The second-order valence-electron chi connectivity index (χ2n) is 2.84. The van der Waals surface area contributed by atoms with E-state index in [0.29, 0.717) is 5.02 Å². The van der Waals surface area contributed by atoms with Gasteiger partial charge in [-0.05, 0) is 0 Å². The van der Waals surface area contributed by atoms with Gasteiger partial charge in [0.1, 0.15) is 0 Å². The van der Waals surface area contributed by atoms with E-state index in [9.17, 15) is 4.79 Å². The van der Waals surface area contributed by atoms with Gasteiger partial charge in [-0.15, -0.1) is 12.4 Å². The summed E-state index contributed by atoms with van der Waals surface area (Å²) in [7, 11) is 0. The molecule has 0 atom stereocenters. The van der Waals surface area contributed by atoms with Gasteiger partial charge in [0, 0.05) is 0 Å². The number of rotatable bonds is 1. The minimum absolute atomic E-state index is 0. The maximum Gasteiger partial charge on any atom is -0.147 e. The molecule has 0 spiro atoms. The van der Waals surface area contributed by atoms with Gasteiger partial charge in [0.2, 0.25) is 0 Å². The van der Waals surface area contributed by atoms with Gasteiger partial charge in [-0.25, -0.2) is 0 Å². The Hall–Kier alpha value is 0.383. The zero-order valence-corrected chi connectivity index (χ0v) is 10.4. The molecule has 0 amide bonds. The number of carbonyl (C=O) groups excluding carboxylic acids is 1. The Bertz CT molecular complexity index is 109. The van der Waals surface area contributed by atoms with E-state index in [1.165, 1.54) is 0 Å². The summed E-state index contributed by atoms with van der Waals surface area (Å²) in [4.78, 5) is 10.6. The third-order valence-electron chi connectivity index (χ3n) is 0.624. The Balaban J connectivity index is 0. The van der Waals surface area contributed by atoms with E-state index in [-0.39, 0.29) is 24.0 Å². The topological polar surface area (TPSA) is 26.3 Å². The first-order chi connectivity index (χ1) is 3.95. The van der Waals surface area contributed by atoms with Crippen LogP contribution in [0.1, 0.15) is 20.8 Å². The summed E-state index contributed by atoms with van der Waals surface area (Å²) in [5, 5.41) is 0.581. The van der Waals surface area contributed by atoms with Crippen molar-refractivity contribution in [2.75, 3.05) is 0 Å². The Kier molecular flexibility index (Phi) is 6.62. The summed E-state index contributed by atoms with van der Waals surface area (Å²) < 4.78 is 4.98. The molecule has 0 fully saturated rings. The Labute approximate surface area is 77.8 Å². The fourth-order valence-electron chi connectivity index (χ4n) is 0.393. The van der Waals surface area contributed by atoms with Crippen molar-refractivity contribution in [2.24, 2.45) is 0 Å². The van der Waals surface area contributed by atoms with E-state index < -0.39 is 0 Å². The molecule has 0 rings (SSSR count). The van der Waals surface area contributed by atoms with Gasteiger partial charge in [-0.2, -0.15) is 0 Å². The van der Waals surface area contributed by atoms with Crippen LogP contribution in [-0.4, -0.2) is 11.6 Å². The second kappa shape index (κ2) is 5.09. The normalized spacial score (nSPS) is 10.1. The molecule has 0 aromatic rings. The van der Waals surface area contributed by atoms with Crippen molar-refractivity contribution in [3.05, 3.63) is 0 Å². The van der Waals surface area contributed by atoms with Crippen LogP contribution in [-0.2, 0) is 27.8 Å². The predicted octanol–water partition coefficient (Wildman–Crippen LogP) is 1.71. The molecule has 0 N–H and O–H groups in total. The number of hydrogen-bond acceptors (Lipinski definition) is 2. The average Bonchev–Trinajstić information content (AvgIpc) is 1.62. The molecule has 10 heavy (non-hydrogen) atoms. The van der Waals surface area contributed by atoms with E-state index in [1.54, 1.807) is 0 Å². The van der Waals surface area contributed by atoms with Crippen LogP contribution in [0.3, 0.4) is 0 Å². The monoisotopic (exact) mass is 215 g/mol. The number of hydrogen-bond donors (Lipinski definition) is 0. The zero-order valence-electron chi connectivity index (χ0n) is 6.64. The molecule has 0 radical (unpaired) electrons. The maximum absolute atomic E-state index is 10.6. The van der Waals surface area contributed by atoms with Gasteiger partial charge in [-0.1, -0.05) is 0 Å². The van der Waals surface area contributed by atoms with Crippen molar-refractivity contribution in [1.29, 1.82) is 0 Å². The summed E-state index contributed by atoms with van der Waals surface area (Å²) in [6.07, 6.45) is 0. The molecule has 0 aliphatic rings. The molecule has 2 nitrogen and oxygen atoms in total. The van der Waals surface area contributed by atoms with E-state index in [4.69, 9.17) is 4.74 Å². The molecule has 0 saturated heterocycles. The molecule has 4 heteroatoms. The average molecular weight is 217 g/mol. The quantitative estimate of drug-likeness (QED) is 0.493. The number of ether oxygens (including phenoxy) is 1. The van der Waals surface area contributed by atoms with Crippen LogP contribution < -0.4 is 0 Å². The Morgan fingerprint density at radius 1 is 1.50 bits per heavy atom. The van der Waals surface area contributed by atoms with Crippen molar-refractivity contribution in [3.8, 4) is 0 Å². The molecule has 0 aromatic heterocycles. The molecule has 0 bridgehead atoms. The predicted molar refractivity (Wildman–Crippen MR) is 37.9 cm³/mol. The van der Waals surface area contributed by atoms with Gasteiger partial charge in [0.05, 0.1) is 0 Å². The van der Waals surface area contributed by atoms with Crippen LogP contribution in [0.25, 0.3) is 0 Å². The van der Waals surface area contributed by atoms with Gasteiger partial charge in [-0.3, -0.25) is 0 Å². The first-order valence-corrected chi connectivity index (χ1v) is 5.06. The van der Waals surface area contributed by atoms with Gasteiger partial charge < -0.3 is 0 Å².